The van der Waals surface area contributed by atoms with Gasteiger partial charge in [-0.15, -0.1) is 0 Å². The molecule has 0 saturated heterocycles. The number of benzene rings is 2. The van der Waals surface area contributed by atoms with E-state index in [0.717, 1.165) is 11.1 Å². The van der Waals surface area contributed by atoms with E-state index >= 15 is 0 Å². The first-order valence-electron chi connectivity index (χ1n) is 6.65. The second-order valence-electron chi connectivity index (χ2n) is 5.47. The van der Waals surface area contributed by atoms with Gasteiger partial charge in [0.15, 0.2) is 0 Å². The maximum absolute atomic E-state index is 10.6. The molecule has 1 aliphatic rings. The van der Waals surface area contributed by atoms with Crippen LogP contribution in [0.3, 0.4) is 0 Å². The second-order valence-corrected chi connectivity index (χ2v) is 5.47. The van der Waals surface area contributed by atoms with Crippen LogP contribution in [-0.2, 0) is 16.9 Å². The minimum absolute atomic E-state index is 0.0471. The highest BCUT2D eigenvalue weighted by Gasteiger charge is 2.31. The van der Waals surface area contributed by atoms with Crippen LogP contribution in [0.25, 0.3) is 0 Å². The fourth-order valence-electron chi connectivity index (χ4n) is 2.41. The third-order valence-corrected chi connectivity index (χ3v) is 3.60. The average Bonchev–Trinajstić information content (AvgIpc) is 2.75. The zero-order valence-corrected chi connectivity index (χ0v) is 11.8. The first-order chi connectivity index (χ1) is 9.95. The Labute approximate surface area is 122 Å². The molecule has 2 aromatic carbocycles. The van der Waals surface area contributed by atoms with Crippen LogP contribution in [0.2, 0.25) is 0 Å². The van der Waals surface area contributed by atoms with E-state index < -0.39 is 4.92 Å². The van der Waals surface area contributed by atoms with Crippen molar-refractivity contribution in [3.05, 3.63) is 63.7 Å². The normalized spacial score (nSPS) is 15.5. The van der Waals surface area contributed by atoms with Crippen molar-refractivity contribution in [3.63, 3.8) is 0 Å². The molecule has 0 unspecified atom stereocenters. The molecule has 0 atom stereocenters. The molecule has 5 heteroatoms. The molecular weight excluding hydrogens is 270 g/mol. The molecule has 1 heterocycles. The smallest absolute Gasteiger partial charge is 0.269 e. The molecule has 0 aliphatic carbocycles. The van der Waals surface area contributed by atoms with Crippen LogP contribution in [-0.4, -0.2) is 4.92 Å². The van der Waals surface area contributed by atoms with Crippen molar-refractivity contribution >= 4 is 5.69 Å². The number of hydrogen-bond donors (Lipinski definition) is 0. The Hall–Kier alpha value is -2.40. The Balaban J connectivity index is 1.84. The lowest BCUT2D eigenvalue weighted by molar-refractivity contribution is -0.384. The molecule has 0 N–H and O–H groups in total. The number of nitrogens with zero attached hydrogens (tertiary/aromatic N) is 1. The lowest BCUT2D eigenvalue weighted by Crippen LogP contribution is -2.14. The number of non-ortho nitro benzene ring substituents is 1. The summed E-state index contributed by atoms with van der Waals surface area (Å²) in [5.74, 6) is 1.26. The molecule has 1 aliphatic heterocycles. The molecule has 0 aromatic heterocycles. The zero-order chi connectivity index (χ0) is 15.0. The minimum atomic E-state index is -0.432. The zero-order valence-electron chi connectivity index (χ0n) is 11.8. The maximum atomic E-state index is 10.6. The quantitative estimate of drug-likeness (QED) is 0.627. The highest BCUT2D eigenvalue weighted by atomic mass is 16.6. The van der Waals surface area contributed by atoms with Crippen molar-refractivity contribution in [2.45, 2.75) is 26.1 Å². The lowest BCUT2D eigenvalue weighted by atomic mass is 9.96. The average molecular weight is 285 g/mol. The molecular formula is C16H15NO4. The summed E-state index contributed by atoms with van der Waals surface area (Å²) in [6.07, 6.45) is 0. The van der Waals surface area contributed by atoms with Gasteiger partial charge in [0.05, 0.1) is 17.1 Å². The third kappa shape index (κ3) is 2.60. The SMILES string of the molecule is CC1(C)OCc2ccc(Oc3ccc([N+](=O)[O-])cc3)cc21. The summed E-state index contributed by atoms with van der Waals surface area (Å²) < 4.78 is 11.5. The highest BCUT2D eigenvalue weighted by Crippen LogP contribution is 2.38. The molecule has 108 valence electrons. The molecule has 21 heavy (non-hydrogen) atoms. The number of nitro benzene ring substituents is 1. The Morgan fingerprint density at radius 3 is 2.48 bits per heavy atom. The van der Waals surface area contributed by atoms with Gasteiger partial charge in [-0.2, -0.15) is 0 Å². The molecule has 2 aromatic rings. The van der Waals surface area contributed by atoms with Crippen molar-refractivity contribution in [2.75, 3.05) is 0 Å². The standard InChI is InChI=1S/C16H15NO4/c1-16(2)15-9-14(6-3-11(15)10-20-16)21-13-7-4-12(5-8-13)17(18)19/h3-9H,10H2,1-2H3. The number of rotatable bonds is 3. The predicted octanol–water partition coefficient (Wildman–Crippen LogP) is 4.15. The van der Waals surface area contributed by atoms with Crippen LogP contribution in [0.5, 0.6) is 11.5 Å². The molecule has 3 rings (SSSR count). The largest absolute Gasteiger partial charge is 0.457 e. The van der Waals surface area contributed by atoms with E-state index in [9.17, 15) is 10.1 Å². The van der Waals surface area contributed by atoms with Gasteiger partial charge in [0.2, 0.25) is 0 Å². The summed E-state index contributed by atoms with van der Waals surface area (Å²) in [4.78, 5) is 10.2. The maximum Gasteiger partial charge on any atom is 0.269 e. The van der Waals surface area contributed by atoms with Crippen LogP contribution < -0.4 is 4.74 Å². The van der Waals surface area contributed by atoms with Crippen molar-refractivity contribution in [1.29, 1.82) is 0 Å². The highest BCUT2D eigenvalue weighted by molar-refractivity contribution is 5.43. The van der Waals surface area contributed by atoms with Crippen LogP contribution in [0.4, 0.5) is 5.69 Å². The number of hydrogen-bond acceptors (Lipinski definition) is 4. The van der Waals surface area contributed by atoms with Crippen molar-refractivity contribution in [1.82, 2.24) is 0 Å². The van der Waals surface area contributed by atoms with Gasteiger partial charge in [-0.05, 0) is 49.2 Å². The summed E-state index contributed by atoms with van der Waals surface area (Å²) in [6, 6.07) is 11.9. The van der Waals surface area contributed by atoms with Gasteiger partial charge in [0, 0.05) is 12.1 Å². The van der Waals surface area contributed by atoms with E-state index in [1.54, 1.807) is 12.1 Å². The fraction of sp³-hybridized carbons (Fsp3) is 0.250. The number of fused-ring (bicyclic) bond motifs is 1. The Bertz CT molecular complexity index is 692. The van der Waals surface area contributed by atoms with Gasteiger partial charge in [0.1, 0.15) is 11.5 Å². The first kappa shape index (κ1) is 13.6. The molecule has 0 amide bonds. The van der Waals surface area contributed by atoms with E-state index in [2.05, 4.69) is 0 Å². The van der Waals surface area contributed by atoms with Crippen molar-refractivity contribution in [2.24, 2.45) is 0 Å². The van der Waals surface area contributed by atoms with E-state index in [4.69, 9.17) is 9.47 Å². The molecule has 0 bridgehead atoms. The van der Waals surface area contributed by atoms with E-state index in [1.807, 2.05) is 32.0 Å². The molecule has 0 radical (unpaired) electrons. The van der Waals surface area contributed by atoms with Gasteiger partial charge in [-0.3, -0.25) is 10.1 Å². The Morgan fingerprint density at radius 2 is 1.81 bits per heavy atom. The lowest BCUT2D eigenvalue weighted by Gasteiger charge is -2.18. The number of nitro groups is 1. The molecule has 0 saturated carbocycles. The van der Waals surface area contributed by atoms with Crippen LogP contribution in [0, 0.1) is 10.1 Å². The van der Waals surface area contributed by atoms with Crippen LogP contribution in [0.1, 0.15) is 25.0 Å². The van der Waals surface area contributed by atoms with Gasteiger partial charge in [-0.25, -0.2) is 0 Å². The van der Waals surface area contributed by atoms with Crippen LogP contribution in [0.15, 0.2) is 42.5 Å². The minimum Gasteiger partial charge on any atom is -0.457 e. The first-order valence-corrected chi connectivity index (χ1v) is 6.65. The van der Waals surface area contributed by atoms with Gasteiger partial charge in [-0.1, -0.05) is 6.07 Å². The van der Waals surface area contributed by atoms with Crippen LogP contribution >= 0.6 is 0 Å². The summed E-state index contributed by atoms with van der Waals surface area (Å²) in [6.45, 7) is 4.66. The van der Waals surface area contributed by atoms with E-state index in [0.29, 0.717) is 18.1 Å². The fourth-order valence-corrected chi connectivity index (χ4v) is 2.41. The third-order valence-electron chi connectivity index (χ3n) is 3.60. The molecule has 0 fully saturated rings. The Kier molecular flexibility index (Phi) is 3.14. The predicted molar refractivity (Wildman–Crippen MR) is 77.4 cm³/mol. The molecule has 5 nitrogen and oxygen atoms in total. The summed E-state index contributed by atoms with van der Waals surface area (Å²) in [5.41, 5.74) is 2.01. The monoisotopic (exact) mass is 285 g/mol. The van der Waals surface area contributed by atoms with Crippen molar-refractivity contribution < 1.29 is 14.4 Å². The summed E-state index contributed by atoms with van der Waals surface area (Å²) >= 11 is 0. The van der Waals surface area contributed by atoms with Gasteiger partial charge >= 0.3 is 0 Å². The molecule has 0 spiro atoms. The Morgan fingerprint density at radius 1 is 1.14 bits per heavy atom. The summed E-state index contributed by atoms with van der Waals surface area (Å²) in [7, 11) is 0. The van der Waals surface area contributed by atoms with Crippen molar-refractivity contribution in [3.8, 4) is 11.5 Å². The van der Waals surface area contributed by atoms with E-state index in [-0.39, 0.29) is 11.3 Å². The van der Waals surface area contributed by atoms with E-state index in [1.165, 1.54) is 12.1 Å². The topological polar surface area (TPSA) is 61.6 Å². The number of ether oxygens (including phenoxy) is 2. The second kappa shape index (κ2) is 4.86. The van der Waals surface area contributed by atoms with Gasteiger partial charge < -0.3 is 9.47 Å². The van der Waals surface area contributed by atoms with Gasteiger partial charge in [0.25, 0.3) is 5.69 Å². The summed E-state index contributed by atoms with van der Waals surface area (Å²) in [5, 5.41) is 10.6.